The lowest BCUT2D eigenvalue weighted by Gasteiger charge is -2.05. The Morgan fingerprint density at radius 1 is 0.941 bits per heavy atom. The van der Waals surface area contributed by atoms with Crippen LogP contribution in [0.1, 0.15) is 11.4 Å². The molecule has 0 N–H and O–H groups in total. The van der Waals surface area contributed by atoms with Crippen molar-refractivity contribution in [1.82, 2.24) is 15.0 Å². The first-order valence-corrected chi connectivity index (χ1v) is 5.72. The Labute approximate surface area is 103 Å². The van der Waals surface area contributed by atoms with Crippen LogP contribution in [-0.2, 0) is 0 Å². The summed E-state index contributed by atoms with van der Waals surface area (Å²) in [6, 6.07) is 5.79. The lowest BCUT2D eigenvalue weighted by Crippen LogP contribution is -1.92. The lowest BCUT2D eigenvalue weighted by atomic mass is 10.2. The molecule has 0 atom stereocenters. The molecule has 84 valence electrons. The third-order valence-corrected chi connectivity index (χ3v) is 2.99. The summed E-state index contributed by atoms with van der Waals surface area (Å²) < 4.78 is 0. The fourth-order valence-electron chi connectivity index (χ4n) is 1.91. The number of aryl methyl sites for hydroxylation is 2. The number of halogens is 1. The zero-order valence-electron chi connectivity index (χ0n) is 9.53. The highest BCUT2D eigenvalue weighted by molar-refractivity contribution is 6.35. The van der Waals surface area contributed by atoms with E-state index in [-0.39, 0.29) is 0 Å². The Kier molecular flexibility index (Phi) is 2.23. The van der Waals surface area contributed by atoms with Gasteiger partial charge in [-0.15, -0.1) is 0 Å². The van der Waals surface area contributed by atoms with Crippen molar-refractivity contribution in [3.63, 3.8) is 0 Å². The molecule has 0 unspecified atom stereocenters. The Morgan fingerprint density at radius 2 is 1.71 bits per heavy atom. The Morgan fingerprint density at radius 3 is 2.53 bits per heavy atom. The van der Waals surface area contributed by atoms with Crippen LogP contribution in [0.15, 0.2) is 24.4 Å². The fourth-order valence-corrected chi connectivity index (χ4v) is 2.21. The van der Waals surface area contributed by atoms with Crippen molar-refractivity contribution in [1.29, 1.82) is 0 Å². The Balaban J connectivity index is 2.58. The quantitative estimate of drug-likeness (QED) is 0.568. The number of hydrogen-bond acceptors (Lipinski definition) is 3. The van der Waals surface area contributed by atoms with E-state index in [1.807, 2.05) is 32.0 Å². The predicted molar refractivity (Wildman–Crippen MR) is 69.3 cm³/mol. The second-order valence-electron chi connectivity index (χ2n) is 4.09. The molecule has 0 radical (unpaired) electrons. The summed E-state index contributed by atoms with van der Waals surface area (Å²) in [5.74, 6) is 0. The Bertz CT molecular complexity index is 737. The summed E-state index contributed by atoms with van der Waals surface area (Å²) in [4.78, 5) is 13.4. The number of rotatable bonds is 0. The van der Waals surface area contributed by atoms with Crippen LogP contribution in [0.5, 0.6) is 0 Å². The van der Waals surface area contributed by atoms with Gasteiger partial charge in [-0.05, 0) is 32.0 Å². The van der Waals surface area contributed by atoms with E-state index < -0.39 is 0 Å². The maximum absolute atomic E-state index is 6.17. The van der Waals surface area contributed by atoms with Gasteiger partial charge in [-0.3, -0.25) is 9.97 Å². The molecule has 0 saturated heterocycles. The molecule has 0 saturated carbocycles. The molecule has 0 fully saturated rings. The van der Waals surface area contributed by atoms with E-state index in [0.29, 0.717) is 10.5 Å². The predicted octanol–water partition coefficient (Wildman–Crippen LogP) is 3.45. The smallest absolute Gasteiger partial charge is 0.117 e. The highest BCUT2D eigenvalue weighted by Gasteiger charge is 2.08. The molecule has 3 heterocycles. The lowest BCUT2D eigenvalue weighted by molar-refractivity contribution is 1.21. The average molecular weight is 244 g/mol. The van der Waals surface area contributed by atoms with Gasteiger partial charge in [0.2, 0.25) is 0 Å². The molecule has 17 heavy (non-hydrogen) atoms. The highest BCUT2D eigenvalue weighted by atomic mass is 35.5. The Hall–Kier alpha value is -1.74. The molecule has 3 aromatic rings. The fraction of sp³-hybridized carbons (Fsp3) is 0.154. The van der Waals surface area contributed by atoms with E-state index in [1.165, 1.54) is 0 Å². The summed E-state index contributed by atoms with van der Waals surface area (Å²) >= 11 is 6.17. The first kappa shape index (κ1) is 10.4. The van der Waals surface area contributed by atoms with Gasteiger partial charge in [0.15, 0.2) is 0 Å². The molecule has 3 nitrogen and oxygen atoms in total. The van der Waals surface area contributed by atoms with Crippen LogP contribution in [0.3, 0.4) is 0 Å². The van der Waals surface area contributed by atoms with Crippen molar-refractivity contribution >= 4 is 33.5 Å². The van der Waals surface area contributed by atoms with Crippen molar-refractivity contribution in [3.8, 4) is 0 Å². The molecule has 3 rings (SSSR count). The third kappa shape index (κ3) is 1.63. The van der Waals surface area contributed by atoms with E-state index in [0.717, 1.165) is 27.8 Å². The van der Waals surface area contributed by atoms with Gasteiger partial charge in [-0.1, -0.05) is 11.6 Å². The minimum Gasteiger partial charge on any atom is -0.252 e. The van der Waals surface area contributed by atoms with Gasteiger partial charge in [0.1, 0.15) is 11.0 Å². The zero-order valence-corrected chi connectivity index (χ0v) is 10.3. The molecule has 0 aliphatic heterocycles. The van der Waals surface area contributed by atoms with Crippen LogP contribution < -0.4 is 0 Å². The van der Waals surface area contributed by atoms with E-state index in [4.69, 9.17) is 11.6 Å². The molecule has 0 aromatic carbocycles. The van der Waals surface area contributed by atoms with Crippen molar-refractivity contribution < 1.29 is 0 Å². The topological polar surface area (TPSA) is 38.7 Å². The van der Waals surface area contributed by atoms with Gasteiger partial charge in [0.25, 0.3) is 0 Å². The second-order valence-corrected chi connectivity index (χ2v) is 4.50. The highest BCUT2D eigenvalue weighted by Crippen LogP contribution is 2.26. The molecule has 0 amide bonds. The first-order valence-electron chi connectivity index (χ1n) is 5.34. The van der Waals surface area contributed by atoms with E-state index in [2.05, 4.69) is 15.0 Å². The van der Waals surface area contributed by atoms with Crippen LogP contribution in [0.2, 0.25) is 5.02 Å². The van der Waals surface area contributed by atoms with E-state index >= 15 is 0 Å². The van der Waals surface area contributed by atoms with Crippen LogP contribution in [0, 0.1) is 13.8 Å². The normalized spacial score (nSPS) is 11.2. The molecule has 3 aromatic heterocycles. The van der Waals surface area contributed by atoms with E-state index in [1.54, 1.807) is 6.20 Å². The number of fused-ring (bicyclic) bond motifs is 3. The second kappa shape index (κ2) is 3.64. The molecule has 0 spiro atoms. The molecule has 0 aliphatic rings. The first-order chi connectivity index (χ1) is 8.15. The molecule has 4 heteroatoms. The number of hydrogen-bond donors (Lipinski definition) is 0. The maximum atomic E-state index is 6.17. The minimum absolute atomic E-state index is 0.623. The van der Waals surface area contributed by atoms with Gasteiger partial charge < -0.3 is 0 Å². The van der Waals surface area contributed by atoms with Crippen molar-refractivity contribution in [3.05, 3.63) is 40.8 Å². The summed E-state index contributed by atoms with van der Waals surface area (Å²) in [7, 11) is 0. The third-order valence-electron chi connectivity index (χ3n) is 2.70. The van der Waals surface area contributed by atoms with Crippen molar-refractivity contribution in [2.75, 3.05) is 0 Å². The monoisotopic (exact) mass is 243 g/mol. The van der Waals surface area contributed by atoms with Crippen LogP contribution in [0.25, 0.3) is 21.9 Å². The zero-order chi connectivity index (χ0) is 12.0. The van der Waals surface area contributed by atoms with Gasteiger partial charge in [0, 0.05) is 23.0 Å². The summed E-state index contributed by atoms with van der Waals surface area (Å²) in [6.45, 7) is 3.88. The van der Waals surface area contributed by atoms with Crippen LogP contribution in [0.4, 0.5) is 0 Å². The van der Waals surface area contributed by atoms with Gasteiger partial charge in [-0.2, -0.15) is 0 Å². The van der Waals surface area contributed by atoms with Crippen LogP contribution >= 0.6 is 11.6 Å². The van der Waals surface area contributed by atoms with Crippen molar-refractivity contribution in [2.45, 2.75) is 13.8 Å². The average Bonchev–Trinajstić information content (AvgIpc) is 2.28. The maximum Gasteiger partial charge on any atom is 0.117 e. The summed E-state index contributed by atoms with van der Waals surface area (Å²) in [6.07, 6.45) is 1.78. The molecule has 0 aliphatic carbocycles. The SMILES string of the molecule is Cc1ccc2cnc3c(Cl)cc(C)nc3c2n1. The van der Waals surface area contributed by atoms with E-state index in [9.17, 15) is 0 Å². The standard InChI is InChI=1S/C13H10ClN3/c1-7-3-4-9-6-15-12-10(14)5-8(2)17-13(12)11(9)16-7/h3-6H,1-2H3. The summed E-state index contributed by atoms with van der Waals surface area (Å²) in [5, 5.41) is 1.61. The number of pyridine rings is 3. The largest absolute Gasteiger partial charge is 0.252 e. The van der Waals surface area contributed by atoms with Crippen molar-refractivity contribution in [2.24, 2.45) is 0 Å². The summed E-state index contributed by atoms with van der Waals surface area (Å²) in [5.41, 5.74) is 4.18. The van der Waals surface area contributed by atoms with Gasteiger partial charge >= 0.3 is 0 Å². The number of aromatic nitrogens is 3. The minimum atomic E-state index is 0.623. The number of nitrogens with zero attached hydrogens (tertiary/aromatic N) is 3. The van der Waals surface area contributed by atoms with Gasteiger partial charge in [-0.25, -0.2) is 4.98 Å². The van der Waals surface area contributed by atoms with Gasteiger partial charge in [0.05, 0.1) is 10.5 Å². The molecule has 0 bridgehead atoms. The molecular weight excluding hydrogens is 234 g/mol. The molecular formula is C13H10ClN3. The van der Waals surface area contributed by atoms with Crippen LogP contribution in [-0.4, -0.2) is 15.0 Å².